The number of hydrogen-bond donors (Lipinski definition) is 1. The number of thioether (sulfide) groups is 1. The van der Waals surface area contributed by atoms with Crippen molar-refractivity contribution in [1.29, 1.82) is 0 Å². The minimum Gasteiger partial charge on any atom is -0.352 e. The minimum absolute atomic E-state index is 0.0430. The number of amides is 2. The Labute approximate surface area is 189 Å². The molecular formula is C25H33FN2O2S. The molecule has 2 amide bonds. The maximum Gasteiger partial charge on any atom is 0.243 e. The first-order valence-corrected chi connectivity index (χ1v) is 11.9. The number of halogens is 1. The van der Waals surface area contributed by atoms with Gasteiger partial charge in [0.15, 0.2) is 0 Å². The fourth-order valence-corrected chi connectivity index (χ4v) is 4.02. The van der Waals surface area contributed by atoms with Gasteiger partial charge in [0.2, 0.25) is 11.8 Å². The summed E-state index contributed by atoms with van der Waals surface area (Å²) in [6.07, 6.45) is 1.66. The third kappa shape index (κ3) is 8.02. The van der Waals surface area contributed by atoms with Gasteiger partial charge in [-0.05, 0) is 56.5 Å². The van der Waals surface area contributed by atoms with E-state index in [0.29, 0.717) is 18.6 Å². The third-order valence-electron chi connectivity index (χ3n) is 5.26. The van der Waals surface area contributed by atoms with E-state index < -0.39 is 6.04 Å². The number of nitrogens with zero attached hydrogens (tertiary/aromatic N) is 1. The van der Waals surface area contributed by atoms with Gasteiger partial charge in [0.25, 0.3) is 0 Å². The molecule has 0 spiro atoms. The zero-order chi connectivity index (χ0) is 22.8. The minimum atomic E-state index is -0.559. The van der Waals surface area contributed by atoms with E-state index in [1.807, 2.05) is 27.7 Å². The molecule has 0 bridgehead atoms. The van der Waals surface area contributed by atoms with E-state index in [0.717, 1.165) is 16.9 Å². The third-order valence-corrected chi connectivity index (χ3v) is 6.27. The molecule has 2 atom stereocenters. The fraction of sp³-hybridized carbons (Fsp3) is 0.440. The topological polar surface area (TPSA) is 49.4 Å². The van der Waals surface area contributed by atoms with Crippen LogP contribution in [0.1, 0.15) is 51.2 Å². The van der Waals surface area contributed by atoms with E-state index >= 15 is 0 Å². The molecule has 0 aliphatic heterocycles. The van der Waals surface area contributed by atoms with E-state index in [-0.39, 0.29) is 30.2 Å². The summed E-state index contributed by atoms with van der Waals surface area (Å²) in [5.41, 5.74) is 2.00. The highest BCUT2D eigenvalue weighted by atomic mass is 32.2. The maximum atomic E-state index is 13.3. The summed E-state index contributed by atoms with van der Waals surface area (Å²) in [7, 11) is 0. The summed E-state index contributed by atoms with van der Waals surface area (Å²) in [6, 6.07) is 13.8. The van der Waals surface area contributed by atoms with Crippen molar-refractivity contribution in [3.63, 3.8) is 0 Å². The first kappa shape index (κ1) is 24.9. The second-order valence-corrected chi connectivity index (χ2v) is 8.97. The van der Waals surface area contributed by atoms with E-state index in [4.69, 9.17) is 0 Å². The molecule has 0 radical (unpaired) electrons. The average molecular weight is 445 g/mol. The quantitative estimate of drug-likeness (QED) is 0.476. The van der Waals surface area contributed by atoms with Gasteiger partial charge in [-0.1, -0.05) is 43.7 Å². The number of rotatable bonds is 11. The van der Waals surface area contributed by atoms with Crippen LogP contribution in [0.2, 0.25) is 0 Å². The monoisotopic (exact) mass is 444 g/mol. The lowest BCUT2D eigenvalue weighted by Gasteiger charge is -2.31. The predicted molar refractivity (Wildman–Crippen MR) is 125 cm³/mol. The van der Waals surface area contributed by atoms with Crippen LogP contribution in [0.5, 0.6) is 0 Å². The Morgan fingerprint density at radius 3 is 2.26 bits per heavy atom. The average Bonchev–Trinajstić information content (AvgIpc) is 2.76. The molecule has 31 heavy (non-hydrogen) atoms. The molecule has 2 rings (SSSR count). The highest BCUT2D eigenvalue weighted by molar-refractivity contribution is 7.99. The van der Waals surface area contributed by atoms with E-state index in [2.05, 4.69) is 29.6 Å². The molecule has 0 aliphatic carbocycles. The van der Waals surface area contributed by atoms with Crippen LogP contribution < -0.4 is 5.32 Å². The highest BCUT2D eigenvalue weighted by Crippen LogP contribution is 2.21. The van der Waals surface area contributed by atoms with Crippen LogP contribution in [-0.4, -0.2) is 34.6 Å². The molecule has 0 aliphatic rings. The smallest absolute Gasteiger partial charge is 0.243 e. The summed E-state index contributed by atoms with van der Waals surface area (Å²) in [4.78, 5) is 28.8. The highest BCUT2D eigenvalue weighted by Gasteiger charge is 2.29. The number of hydrogen-bond acceptors (Lipinski definition) is 3. The Hall–Kier alpha value is -2.34. The molecule has 2 unspecified atom stereocenters. The molecule has 4 nitrogen and oxygen atoms in total. The maximum absolute atomic E-state index is 13.3. The Morgan fingerprint density at radius 1 is 1.03 bits per heavy atom. The summed E-state index contributed by atoms with van der Waals surface area (Å²) in [5.74, 6) is 0.0943. The Bertz CT molecular complexity index is 840. The first-order valence-electron chi connectivity index (χ1n) is 10.9. The molecule has 0 fully saturated rings. The van der Waals surface area contributed by atoms with Crippen LogP contribution in [0, 0.1) is 12.7 Å². The van der Waals surface area contributed by atoms with E-state index in [1.54, 1.807) is 28.8 Å². The zero-order valence-corrected chi connectivity index (χ0v) is 19.7. The summed E-state index contributed by atoms with van der Waals surface area (Å²) in [5, 5.41) is 3.00. The standard InChI is InChI=1S/C25H33FN2O2S/c1-5-19(4)27-25(30)23(6-2)28(17-20-9-11-21(26)12-10-20)24(29)15-16-31-22-13-7-18(3)8-14-22/h7-14,19,23H,5-6,15-17H2,1-4H3,(H,27,30). The van der Waals surface area contributed by atoms with Gasteiger partial charge in [-0.25, -0.2) is 4.39 Å². The van der Waals surface area contributed by atoms with Crippen molar-refractivity contribution in [2.75, 3.05) is 5.75 Å². The Kier molecular flexibility index (Phi) is 10.0. The summed E-state index contributed by atoms with van der Waals surface area (Å²) >= 11 is 1.63. The summed E-state index contributed by atoms with van der Waals surface area (Å²) in [6.45, 7) is 8.19. The van der Waals surface area contributed by atoms with Crippen LogP contribution in [0.25, 0.3) is 0 Å². The fourth-order valence-electron chi connectivity index (χ4n) is 3.18. The predicted octanol–water partition coefficient (Wildman–Crippen LogP) is 5.34. The van der Waals surface area contributed by atoms with Crippen molar-refractivity contribution < 1.29 is 14.0 Å². The lowest BCUT2D eigenvalue weighted by molar-refractivity contribution is -0.141. The molecule has 168 valence electrons. The van der Waals surface area contributed by atoms with Gasteiger partial charge in [0, 0.05) is 29.7 Å². The normalized spacial score (nSPS) is 12.8. The second kappa shape index (κ2) is 12.5. The van der Waals surface area contributed by atoms with Gasteiger partial charge in [0.1, 0.15) is 11.9 Å². The van der Waals surface area contributed by atoms with Gasteiger partial charge in [-0.15, -0.1) is 11.8 Å². The van der Waals surface area contributed by atoms with Crippen molar-refractivity contribution in [3.8, 4) is 0 Å². The Morgan fingerprint density at radius 2 is 1.68 bits per heavy atom. The molecule has 0 aromatic heterocycles. The number of carbonyl (C=O) groups is 2. The molecule has 6 heteroatoms. The van der Waals surface area contributed by atoms with E-state index in [9.17, 15) is 14.0 Å². The van der Waals surface area contributed by atoms with Crippen molar-refractivity contribution >= 4 is 23.6 Å². The molecule has 2 aromatic rings. The zero-order valence-electron chi connectivity index (χ0n) is 18.9. The van der Waals surface area contributed by atoms with Crippen molar-refractivity contribution in [3.05, 3.63) is 65.5 Å². The second-order valence-electron chi connectivity index (χ2n) is 7.80. The van der Waals surface area contributed by atoms with Crippen LogP contribution in [0.4, 0.5) is 4.39 Å². The Balaban J connectivity index is 2.12. The van der Waals surface area contributed by atoms with Crippen LogP contribution in [0.15, 0.2) is 53.4 Å². The number of benzene rings is 2. The van der Waals surface area contributed by atoms with Crippen LogP contribution in [0.3, 0.4) is 0 Å². The number of nitrogens with one attached hydrogen (secondary N) is 1. The number of aryl methyl sites for hydroxylation is 1. The van der Waals surface area contributed by atoms with Crippen molar-refractivity contribution in [1.82, 2.24) is 10.2 Å². The molecule has 0 saturated carbocycles. The van der Waals surface area contributed by atoms with Gasteiger partial charge < -0.3 is 10.2 Å². The van der Waals surface area contributed by atoms with Gasteiger partial charge in [-0.2, -0.15) is 0 Å². The number of carbonyl (C=O) groups excluding carboxylic acids is 2. The van der Waals surface area contributed by atoms with E-state index in [1.165, 1.54) is 17.7 Å². The molecule has 0 saturated heterocycles. The summed E-state index contributed by atoms with van der Waals surface area (Å²) < 4.78 is 13.3. The van der Waals surface area contributed by atoms with Crippen LogP contribution in [-0.2, 0) is 16.1 Å². The van der Waals surface area contributed by atoms with Gasteiger partial charge >= 0.3 is 0 Å². The molecule has 1 N–H and O–H groups in total. The van der Waals surface area contributed by atoms with Crippen molar-refractivity contribution in [2.45, 2.75) is 70.5 Å². The molecule has 0 heterocycles. The lowest BCUT2D eigenvalue weighted by Crippen LogP contribution is -2.50. The van der Waals surface area contributed by atoms with Gasteiger partial charge in [0.05, 0.1) is 0 Å². The first-order chi connectivity index (χ1) is 14.8. The van der Waals surface area contributed by atoms with Crippen molar-refractivity contribution in [2.24, 2.45) is 0 Å². The van der Waals surface area contributed by atoms with Crippen LogP contribution >= 0.6 is 11.8 Å². The molecule has 2 aromatic carbocycles. The lowest BCUT2D eigenvalue weighted by atomic mass is 10.1. The van der Waals surface area contributed by atoms with Gasteiger partial charge in [-0.3, -0.25) is 9.59 Å². The SMILES string of the molecule is CCC(C)NC(=O)C(CC)N(Cc1ccc(F)cc1)C(=O)CCSc1ccc(C)cc1. The molecular weight excluding hydrogens is 411 g/mol. The largest absolute Gasteiger partial charge is 0.352 e.